The third-order valence-corrected chi connectivity index (χ3v) is 5.82. The van der Waals surface area contributed by atoms with Crippen LogP contribution in [-0.2, 0) is 7.05 Å². The van der Waals surface area contributed by atoms with E-state index in [-0.39, 0.29) is 21.5 Å². The summed E-state index contributed by atoms with van der Waals surface area (Å²) in [6.07, 6.45) is 0. The van der Waals surface area contributed by atoms with E-state index in [4.69, 9.17) is 9.47 Å². The number of hydrogen-bond donors (Lipinski definition) is 0. The van der Waals surface area contributed by atoms with Crippen LogP contribution in [-0.4, -0.2) is 9.13 Å². The molecule has 0 unspecified atom stereocenters. The summed E-state index contributed by atoms with van der Waals surface area (Å²) in [6.45, 7) is 1.94. The molecular formula is C24H14N2O6. The van der Waals surface area contributed by atoms with E-state index in [2.05, 4.69) is 0 Å². The molecule has 0 saturated heterocycles. The van der Waals surface area contributed by atoms with Crippen LogP contribution in [0.3, 0.4) is 0 Å². The molecule has 0 fully saturated rings. The van der Waals surface area contributed by atoms with Crippen LogP contribution in [0.1, 0.15) is 5.56 Å². The molecule has 0 amide bonds. The minimum atomic E-state index is -0.574. The Morgan fingerprint density at radius 3 is 1.69 bits per heavy atom. The minimum absolute atomic E-state index is 0.0842. The first-order chi connectivity index (χ1) is 15.3. The maximum absolute atomic E-state index is 13.1. The van der Waals surface area contributed by atoms with Gasteiger partial charge in [-0.15, -0.1) is 0 Å². The van der Waals surface area contributed by atoms with Crippen molar-refractivity contribution in [2.45, 2.75) is 6.92 Å². The number of ether oxygens (including phenoxy) is 2. The second-order valence-electron chi connectivity index (χ2n) is 7.84. The van der Waals surface area contributed by atoms with Crippen molar-refractivity contribution in [2.75, 3.05) is 0 Å². The fourth-order valence-corrected chi connectivity index (χ4v) is 4.14. The first kappa shape index (κ1) is 18.3. The molecule has 8 nitrogen and oxygen atoms in total. The predicted octanol–water partition coefficient (Wildman–Crippen LogP) is 2.65. The Hall–Kier alpha value is -4.46. The average Bonchev–Trinajstić information content (AvgIpc) is 3.15. The number of aryl methyl sites for hydroxylation is 1. The van der Waals surface area contributed by atoms with Gasteiger partial charge in [0.25, 0.3) is 22.2 Å². The highest BCUT2D eigenvalue weighted by atomic mass is 16.6. The monoisotopic (exact) mass is 426 g/mol. The summed E-state index contributed by atoms with van der Waals surface area (Å²) in [6, 6.07) is 12.9. The number of benzene rings is 3. The normalized spacial score (nSPS) is 12.4. The molecule has 0 aliphatic carbocycles. The van der Waals surface area contributed by atoms with E-state index in [9.17, 15) is 19.2 Å². The van der Waals surface area contributed by atoms with Gasteiger partial charge in [0.1, 0.15) is 0 Å². The fourth-order valence-electron chi connectivity index (χ4n) is 4.14. The number of nitrogens with zero attached hydrogens (tertiary/aromatic N) is 2. The van der Waals surface area contributed by atoms with Crippen molar-refractivity contribution in [3.05, 3.63) is 95.5 Å². The average molecular weight is 426 g/mol. The van der Waals surface area contributed by atoms with E-state index in [1.54, 1.807) is 24.3 Å². The van der Waals surface area contributed by atoms with Gasteiger partial charge >= 0.3 is 0 Å². The zero-order valence-electron chi connectivity index (χ0n) is 17.0. The third-order valence-electron chi connectivity index (χ3n) is 5.82. The van der Waals surface area contributed by atoms with Gasteiger partial charge in [0.15, 0.2) is 23.0 Å². The van der Waals surface area contributed by atoms with E-state index >= 15 is 0 Å². The molecule has 3 heterocycles. The van der Waals surface area contributed by atoms with Gasteiger partial charge < -0.3 is 9.47 Å². The summed E-state index contributed by atoms with van der Waals surface area (Å²) in [5, 5.41) is 0.406. The molecule has 156 valence electrons. The van der Waals surface area contributed by atoms with E-state index < -0.39 is 22.2 Å². The highest BCUT2D eigenvalue weighted by Gasteiger charge is 2.23. The topological polar surface area (TPSA) is 96.6 Å². The van der Waals surface area contributed by atoms with Gasteiger partial charge in [-0.1, -0.05) is 6.07 Å². The standard InChI is InChI=1S/C24H14N2O6/c1-11-3-5-17-19(7-11)31-18-6-4-12(8-20(18)32-17)26-23(29)15-9-13-14(10-16(15)24(26)30)22(28)25(2)21(13)27/h3-10H,1-2H3. The lowest BCUT2D eigenvalue weighted by molar-refractivity contribution is 0.359. The van der Waals surface area contributed by atoms with E-state index in [0.29, 0.717) is 28.7 Å². The van der Waals surface area contributed by atoms with Crippen molar-refractivity contribution >= 4 is 21.5 Å². The lowest BCUT2D eigenvalue weighted by Crippen LogP contribution is -2.23. The molecule has 0 spiro atoms. The Kier molecular flexibility index (Phi) is 3.46. The first-order valence-corrected chi connectivity index (χ1v) is 9.83. The predicted molar refractivity (Wildman–Crippen MR) is 119 cm³/mol. The molecule has 6 rings (SSSR count). The summed E-state index contributed by atoms with van der Waals surface area (Å²) >= 11 is 0. The van der Waals surface area contributed by atoms with Crippen molar-refractivity contribution in [1.82, 2.24) is 9.13 Å². The summed E-state index contributed by atoms with van der Waals surface area (Å²) in [5.74, 6) is 1.94. The Bertz CT molecular complexity index is 1750. The molecule has 8 heteroatoms. The molecule has 2 aromatic heterocycles. The Balaban J connectivity index is 1.55. The van der Waals surface area contributed by atoms with Crippen molar-refractivity contribution < 1.29 is 9.47 Å². The second-order valence-corrected chi connectivity index (χ2v) is 7.84. The number of aromatic nitrogens is 2. The summed E-state index contributed by atoms with van der Waals surface area (Å²) < 4.78 is 13.8. The number of rotatable bonds is 1. The van der Waals surface area contributed by atoms with Gasteiger partial charge in [0, 0.05) is 13.1 Å². The smallest absolute Gasteiger partial charge is 0.266 e. The van der Waals surface area contributed by atoms with Crippen LogP contribution in [0.4, 0.5) is 0 Å². The van der Waals surface area contributed by atoms with Crippen LogP contribution in [0.2, 0.25) is 0 Å². The summed E-state index contributed by atoms with van der Waals surface area (Å²) in [5.41, 5.74) is -0.831. The Morgan fingerprint density at radius 1 is 0.594 bits per heavy atom. The van der Waals surface area contributed by atoms with Crippen LogP contribution in [0, 0.1) is 6.92 Å². The first-order valence-electron chi connectivity index (χ1n) is 9.83. The van der Waals surface area contributed by atoms with Crippen molar-refractivity contribution in [1.29, 1.82) is 0 Å². The minimum Gasteiger partial charge on any atom is -0.450 e. The van der Waals surface area contributed by atoms with E-state index in [1.807, 2.05) is 19.1 Å². The van der Waals surface area contributed by atoms with Crippen LogP contribution >= 0.6 is 0 Å². The van der Waals surface area contributed by atoms with E-state index in [1.165, 1.54) is 19.2 Å². The maximum atomic E-state index is 13.1. The summed E-state index contributed by atoms with van der Waals surface area (Å²) in [7, 11) is 1.36. The Morgan fingerprint density at radius 2 is 1.09 bits per heavy atom. The molecule has 5 aromatic rings. The highest BCUT2D eigenvalue weighted by Crippen LogP contribution is 2.45. The largest absolute Gasteiger partial charge is 0.450 e. The van der Waals surface area contributed by atoms with Gasteiger partial charge in [-0.2, -0.15) is 0 Å². The van der Waals surface area contributed by atoms with Gasteiger partial charge in [0.2, 0.25) is 0 Å². The number of hydrogen-bond acceptors (Lipinski definition) is 6. The second kappa shape index (κ2) is 6.04. The fraction of sp³-hybridized carbons (Fsp3) is 0.0833. The van der Waals surface area contributed by atoms with Crippen LogP contribution in [0.5, 0.6) is 23.0 Å². The molecule has 1 aliphatic heterocycles. The van der Waals surface area contributed by atoms with Gasteiger partial charge in [-0.3, -0.25) is 23.7 Å². The van der Waals surface area contributed by atoms with E-state index in [0.717, 1.165) is 14.7 Å². The lowest BCUT2D eigenvalue weighted by atomic mass is 10.1. The molecule has 0 radical (unpaired) electrons. The molecule has 0 bridgehead atoms. The van der Waals surface area contributed by atoms with Crippen molar-refractivity contribution in [3.8, 4) is 28.7 Å². The molecule has 0 N–H and O–H groups in total. The number of fused-ring (bicyclic) bond motifs is 4. The molecule has 0 atom stereocenters. The van der Waals surface area contributed by atoms with Gasteiger partial charge in [0.05, 0.1) is 27.2 Å². The SMILES string of the molecule is Cc1ccc2c(c1)Oc1ccc(-n3c(=O)c4cc5c(=O)n(C)c(=O)c5cc4c3=O)cc1O2. The quantitative estimate of drug-likeness (QED) is 0.401. The van der Waals surface area contributed by atoms with Gasteiger partial charge in [-0.05, 0) is 48.9 Å². The van der Waals surface area contributed by atoms with Crippen molar-refractivity contribution in [2.24, 2.45) is 7.05 Å². The molecule has 1 aliphatic rings. The van der Waals surface area contributed by atoms with Crippen LogP contribution < -0.4 is 31.7 Å². The van der Waals surface area contributed by atoms with Crippen molar-refractivity contribution in [3.63, 3.8) is 0 Å². The van der Waals surface area contributed by atoms with Crippen LogP contribution in [0.15, 0.2) is 67.7 Å². The zero-order valence-corrected chi connectivity index (χ0v) is 17.0. The summed E-state index contributed by atoms with van der Waals surface area (Å²) in [4.78, 5) is 50.8. The molecule has 3 aromatic carbocycles. The molecule has 32 heavy (non-hydrogen) atoms. The Labute approximate surface area is 178 Å². The third kappa shape index (κ3) is 2.31. The lowest BCUT2D eigenvalue weighted by Gasteiger charge is -2.21. The van der Waals surface area contributed by atoms with Crippen LogP contribution in [0.25, 0.3) is 27.2 Å². The zero-order chi connectivity index (χ0) is 22.3. The molecular weight excluding hydrogens is 412 g/mol. The molecule has 0 saturated carbocycles. The maximum Gasteiger partial charge on any atom is 0.266 e. The highest BCUT2D eigenvalue weighted by molar-refractivity contribution is 5.98. The van der Waals surface area contributed by atoms with Gasteiger partial charge in [-0.25, -0.2) is 4.57 Å².